The third kappa shape index (κ3) is 4.31. The number of carboxylic acid groups (broad SMARTS) is 1. The fourth-order valence-corrected chi connectivity index (χ4v) is 2.82. The zero-order valence-electron chi connectivity index (χ0n) is 13.2. The molecule has 1 aliphatic rings. The molecular formula is C17H23NO4. The molecule has 120 valence electrons. The lowest BCUT2D eigenvalue weighted by Crippen LogP contribution is -2.46. The lowest BCUT2D eigenvalue weighted by Gasteiger charge is -2.33. The number of hydrogen-bond acceptors (Lipinski definition) is 3. The molecule has 1 N–H and O–H groups in total. The summed E-state index contributed by atoms with van der Waals surface area (Å²) in [5.74, 6) is -1.09. The minimum absolute atomic E-state index is 0.0394. The maximum absolute atomic E-state index is 12.6. The third-order valence-electron chi connectivity index (χ3n) is 4.10. The smallest absolute Gasteiger partial charge is 0.323 e. The first kappa shape index (κ1) is 16.5. The zero-order valence-corrected chi connectivity index (χ0v) is 13.2. The quantitative estimate of drug-likeness (QED) is 0.903. The lowest BCUT2D eigenvalue weighted by molar-refractivity contribution is -0.147. The minimum atomic E-state index is -0.971. The summed E-state index contributed by atoms with van der Waals surface area (Å²) < 4.78 is 5.30. The molecule has 0 radical (unpaired) electrons. The molecule has 0 saturated carbocycles. The Morgan fingerprint density at radius 3 is 2.59 bits per heavy atom. The average molecular weight is 305 g/mol. The van der Waals surface area contributed by atoms with Gasteiger partial charge in [0.05, 0.1) is 6.42 Å². The highest BCUT2D eigenvalue weighted by atomic mass is 16.5. The molecule has 1 aromatic carbocycles. The van der Waals surface area contributed by atoms with E-state index in [4.69, 9.17) is 9.84 Å². The van der Waals surface area contributed by atoms with E-state index in [1.807, 2.05) is 32.0 Å². The van der Waals surface area contributed by atoms with Crippen LogP contribution in [0.15, 0.2) is 18.2 Å². The highest BCUT2D eigenvalue weighted by molar-refractivity contribution is 5.83. The van der Waals surface area contributed by atoms with Crippen LogP contribution in [0.2, 0.25) is 0 Å². The summed E-state index contributed by atoms with van der Waals surface area (Å²) in [6.07, 6.45) is 1.65. The lowest BCUT2D eigenvalue weighted by atomic mass is 10.0. The average Bonchev–Trinajstić information content (AvgIpc) is 2.49. The van der Waals surface area contributed by atoms with Gasteiger partial charge in [-0.15, -0.1) is 0 Å². The largest absolute Gasteiger partial charge is 0.480 e. The minimum Gasteiger partial charge on any atom is -0.480 e. The Morgan fingerprint density at radius 1 is 1.27 bits per heavy atom. The normalized spacial score (nSPS) is 15.5. The number of nitrogens with zero attached hydrogens (tertiary/aromatic N) is 1. The fraction of sp³-hybridized carbons (Fsp3) is 0.529. The van der Waals surface area contributed by atoms with Crippen molar-refractivity contribution in [2.24, 2.45) is 0 Å². The number of carboxylic acids is 1. The number of hydrogen-bond donors (Lipinski definition) is 1. The second-order valence-electron chi connectivity index (χ2n) is 5.87. The number of rotatable bonds is 5. The molecule has 1 aromatic rings. The Kier molecular flexibility index (Phi) is 5.55. The number of aryl methyl sites for hydroxylation is 2. The van der Waals surface area contributed by atoms with Crippen LogP contribution < -0.4 is 0 Å². The standard InChI is InChI=1S/C17H23NO4/c1-12-3-4-13(2)14(9-12)10-16(19)18(11-17(20)21)15-5-7-22-8-6-15/h3-4,9,15H,5-8,10-11H2,1-2H3,(H,20,21). The first-order chi connectivity index (χ1) is 10.5. The Hall–Kier alpha value is -1.88. The Labute approximate surface area is 130 Å². The summed E-state index contributed by atoms with van der Waals surface area (Å²) in [6, 6.07) is 5.96. The molecule has 0 aromatic heterocycles. The van der Waals surface area contributed by atoms with E-state index in [2.05, 4.69) is 0 Å². The van der Waals surface area contributed by atoms with Gasteiger partial charge in [-0.1, -0.05) is 23.8 Å². The Balaban J connectivity index is 2.13. The predicted octanol–water partition coefficient (Wildman–Crippen LogP) is 1.94. The van der Waals surface area contributed by atoms with E-state index in [0.717, 1.165) is 16.7 Å². The van der Waals surface area contributed by atoms with E-state index >= 15 is 0 Å². The molecule has 0 bridgehead atoms. The van der Waals surface area contributed by atoms with Crippen LogP contribution in [-0.2, 0) is 20.7 Å². The number of benzene rings is 1. The fourth-order valence-electron chi connectivity index (χ4n) is 2.82. The summed E-state index contributed by atoms with van der Waals surface area (Å²) in [5, 5.41) is 9.10. The first-order valence-corrected chi connectivity index (χ1v) is 7.62. The van der Waals surface area contributed by atoms with E-state index in [0.29, 0.717) is 26.1 Å². The Bertz CT molecular complexity index is 550. The van der Waals surface area contributed by atoms with E-state index in [1.165, 1.54) is 4.90 Å². The van der Waals surface area contributed by atoms with Crippen molar-refractivity contribution in [1.82, 2.24) is 4.90 Å². The van der Waals surface area contributed by atoms with Gasteiger partial charge in [0.2, 0.25) is 5.91 Å². The highest BCUT2D eigenvalue weighted by Crippen LogP contribution is 2.18. The van der Waals surface area contributed by atoms with Gasteiger partial charge in [0, 0.05) is 19.3 Å². The van der Waals surface area contributed by atoms with Gasteiger partial charge in [0.25, 0.3) is 0 Å². The number of ether oxygens (including phenoxy) is 1. The van der Waals surface area contributed by atoms with Crippen LogP contribution in [0.5, 0.6) is 0 Å². The monoisotopic (exact) mass is 305 g/mol. The number of amides is 1. The second-order valence-corrected chi connectivity index (χ2v) is 5.87. The Morgan fingerprint density at radius 2 is 1.95 bits per heavy atom. The van der Waals surface area contributed by atoms with Crippen molar-refractivity contribution < 1.29 is 19.4 Å². The maximum Gasteiger partial charge on any atom is 0.323 e. The molecule has 2 rings (SSSR count). The summed E-state index contributed by atoms with van der Waals surface area (Å²) >= 11 is 0. The second kappa shape index (κ2) is 7.40. The van der Waals surface area contributed by atoms with E-state index in [-0.39, 0.29) is 24.9 Å². The van der Waals surface area contributed by atoms with Crippen molar-refractivity contribution >= 4 is 11.9 Å². The molecule has 0 unspecified atom stereocenters. The predicted molar refractivity (Wildman–Crippen MR) is 82.8 cm³/mol. The van der Waals surface area contributed by atoms with Crippen molar-refractivity contribution in [1.29, 1.82) is 0 Å². The van der Waals surface area contributed by atoms with Crippen molar-refractivity contribution in [3.8, 4) is 0 Å². The molecule has 1 aliphatic heterocycles. The number of carbonyl (C=O) groups is 2. The van der Waals surface area contributed by atoms with Crippen LogP contribution in [0.4, 0.5) is 0 Å². The van der Waals surface area contributed by atoms with Gasteiger partial charge >= 0.3 is 5.97 Å². The molecule has 5 heteroatoms. The number of carbonyl (C=O) groups excluding carboxylic acids is 1. The van der Waals surface area contributed by atoms with Crippen LogP contribution in [-0.4, -0.2) is 47.7 Å². The first-order valence-electron chi connectivity index (χ1n) is 7.62. The van der Waals surface area contributed by atoms with Gasteiger partial charge in [0.15, 0.2) is 0 Å². The summed E-state index contributed by atoms with van der Waals surface area (Å²) in [6.45, 7) is 4.88. The SMILES string of the molecule is Cc1ccc(C)c(CC(=O)N(CC(=O)O)C2CCOCC2)c1. The van der Waals surface area contributed by atoms with Crippen LogP contribution in [0, 0.1) is 13.8 Å². The topological polar surface area (TPSA) is 66.8 Å². The van der Waals surface area contributed by atoms with E-state index in [9.17, 15) is 9.59 Å². The van der Waals surface area contributed by atoms with Gasteiger partial charge in [-0.25, -0.2) is 0 Å². The van der Waals surface area contributed by atoms with Crippen LogP contribution in [0.3, 0.4) is 0 Å². The summed E-state index contributed by atoms with van der Waals surface area (Å²) in [7, 11) is 0. The zero-order chi connectivity index (χ0) is 16.1. The van der Waals surface area contributed by atoms with Crippen LogP contribution >= 0.6 is 0 Å². The number of aliphatic carboxylic acids is 1. The van der Waals surface area contributed by atoms with Crippen LogP contribution in [0.25, 0.3) is 0 Å². The molecule has 5 nitrogen and oxygen atoms in total. The van der Waals surface area contributed by atoms with Crippen molar-refractivity contribution in [2.45, 2.75) is 39.2 Å². The molecule has 0 atom stereocenters. The van der Waals surface area contributed by atoms with Gasteiger partial charge < -0.3 is 14.7 Å². The van der Waals surface area contributed by atoms with Crippen LogP contribution in [0.1, 0.15) is 29.5 Å². The molecule has 1 fully saturated rings. The van der Waals surface area contributed by atoms with E-state index < -0.39 is 5.97 Å². The maximum atomic E-state index is 12.6. The van der Waals surface area contributed by atoms with Gasteiger partial charge in [-0.05, 0) is 37.8 Å². The van der Waals surface area contributed by atoms with Crippen molar-refractivity contribution in [3.05, 3.63) is 34.9 Å². The van der Waals surface area contributed by atoms with E-state index in [1.54, 1.807) is 0 Å². The van der Waals surface area contributed by atoms with Gasteiger partial charge in [-0.3, -0.25) is 9.59 Å². The summed E-state index contributed by atoms with van der Waals surface area (Å²) in [4.78, 5) is 25.2. The molecule has 1 saturated heterocycles. The van der Waals surface area contributed by atoms with Gasteiger partial charge in [-0.2, -0.15) is 0 Å². The molecule has 22 heavy (non-hydrogen) atoms. The molecular weight excluding hydrogens is 282 g/mol. The highest BCUT2D eigenvalue weighted by Gasteiger charge is 2.27. The molecule has 0 spiro atoms. The summed E-state index contributed by atoms with van der Waals surface area (Å²) in [5.41, 5.74) is 3.12. The van der Waals surface area contributed by atoms with Gasteiger partial charge in [0.1, 0.15) is 6.54 Å². The van der Waals surface area contributed by atoms with Crippen molar-refractivity contribution in [2.75, 3.05) is 19.8 Å². The molecule has 0 aliphatic carbocycles. The van der Waals surface area contributed by atoms with Crippen molar-refractivity contribution in [3.63, 3.8) is 0 Å². The third-order valence-corrected chi connectivity index (χ3v) is 4.10. The molecule has 1 heterocycles. The molecule has 1 amide bonds.